The summed E-state index contributed by atoms with van der Waals surface area (Å²) >= 11 is 24.8. The van der Waals surface area contributed by atoms with Gasteiger partial charge in [0, 0.05) is 16.5 Å². The van der Waals surface area contributed by atoms with E-state index < -0.39 is 0 Å². The van der Waals surface area contributed by atoms with Gasteiger partial charge in [-0.05, 0) is 70.7 Å². The van der Waals surface area contributed by atoms with Crippen molar-refractivity contribution in [1.82, 2.24) is 0 Å². The molecule has 12 N–H and O–H groups in total. The maximum Gasteiger partial charge on any atom is 0 e. The summed E-state index contributed by atoms with van der Waals surface area (Å²) in [6.45, 7) is 0. The van der Waals surface area contributed by atoms with Gasteiger partial charge in [0.2, 0.25) is 0 Å². The van der Waals surface area contributed by atoms with Crippen molar-refractivity contribution in [3.63, 3.8) is 0 Å². The van der Waals surface area contributed by atoms with Crippen molar-refractivity contribution in [1.29, 1.82) is 0 Å². The fraction of sp³-hybridized carbons (Fsp3) is 0. The first-order valence-electron chi connectivity index (χ1n) is 1.31. The standard InChI is InChI=1S/6ClH2N.Ni/c6*1-2;/h6*2H2;. The van der Waals surface area contributed by atoms with Gasteiger partial charge in [0.05, 0.1) is 0 Å². The molecule has 6 nitrogen and oxygen atoms in total. The molecule has 94 valence electrons. The number of rotatable bonds is 0. The van der Waals surface area contributed by atoms with Gasteiger partial charge in [-0.25, -0.2) is 31.5 Å². The van der Waals surface area contributed by atoms with Crippen LogP contribution in [0.2, 0.25) is 0 Å². The molecule has 0 bridgehead atoms. The molecule has 13 heavy (non-hydrogen) atoms. The third-order valence-electron chi connectivity index (χ3n) is 0. The van der Waals surface area contributed by atoms with Crippen LogP contribution in [0.3, 0.4) is 0 Å². The summed E-state index contributed by atoms with van der Waals surface area (Å²) in [5.74, 6) is 0. The SMILES string of the molecule is NCl.NCl.NCl.NCl.NCl.NCl.[Ni]. The van der Waals surface area contributed by atoms with Gasteiger partial charge in [-0.1, -0.05) is 0 Å². The van der Waals surface area contributed by atoms with E-state index in [1.54, 1.807) is 0 Å². The zero-order chi connectivity index (χ0) is 12.0. The minimum atomic E-state index is 0. The predicted molar refractivity (Wildman–Crippen MR) is 60.2 cm³/mol. The molecule has 0 atom stereocenters. The van der Waals surface area contributed by atoms with Gasteiger partial charge in [-0.15, -0.1) is 0 Å². The first-order chi connectivity index (χ1) is 6.00. The van der Waals surface area contributed by atoms with E-state index >= 15 is 0 Å². The maximum atomic E-state index is 4.14. The summed E-state index contributed by atoms with van der Waals surface area (Å²) < 4.78 is 0. The molecule has 0 spiro atoms. The van der Waals surface area contributed by atoms with Crippen molar-refractivity contribution in [2.45, 2.75) is 0 Å². The zero-order valence-electron chi connectivity index (χ0n) is 6.05. The number of hydrogen-bond acceptors (Lipinski definition) is 6. The molecule has 0 heterocycles. The molecule has 0 aromatic heterocycles. The smallest absolute Gasteiger partial charge is 0 e. The van der Waals surface area contributed by atoms with E-state index in [1.165, 1.54) is 0 Å². The largest absolute Gasteiger partial charge is 0.247 e. The third kappa shape index (κ3) is 507. The molecule has 0 saturated heterocycles. The van der Waals surface area contributed by atoms with E-state index in [1.807, 2.05) is 0 Å². The van der Waals surface area contributed by atoms with Crippen LogP contribution in [0.25, 0.3) is 0 Å². The van der Waals surface area contributed by atoms with Crippen LogP contribution in [0.1, 0.15) is 0 Å². The van der Waals surface area contributed by atoms with Crippen molar-refractivity contribution < 1.29 is 16.5 Å². The molecule has 0 fully saturated rings. The average Bonchev–Trinajstić information content (AvgIpc) is 2.33. The Labute approximate surface area is 118 Å². The molecule has 0 rings (SSSR count). The van der Waals surface area contributed by atoms with Crippen LogP contribution >= 0.6 is 70.7 Å². The van der Waals surface area contributed by atoms with Crippen molar-refractivity contribution in [3.05, 3.63) is 0 Å². The topological polar surface area (TPSA) is 156 Å². The van der Waals surface area contributed by atoms with Crippen LogP contribution in [-0.4, -0.2) is 0 Å². The summed E-state index contributed by atoms with van der Waals surface area (Å²) in [6.07, 6.45) is 0. The molecule has 0 saturated carbocycles. The summed E-state index contributed by atoms with van der Waals surface area (Å²) in [7, 11) is 0. The van der Waals surface area contributed by atoms with Gasteiger partial charge in [0.1, 0.15) is 0 Å². The number of hydrogen-bond donors (Lipinski definition) is 6. The van der Waals surface area contributed by atoms with Gasteiger partial charge in [0.25, 0.3) is 0 Å². The molecular weight excluding hydrogens is 355 g/mol. The Bertz CT molecular complexity index is 17.1. The minimum absolute atomic E-state index is 0. The van der Waals surface area contributed by atoms with Crippen molar-refractivity contribution in [3.8, 4) is 0 Å². The van der Waals surface area contributed by atoms with E-state index in [0.717, 1.165) is 0 Å². The quantitative estimate of drug-likeness (QED) is 0.272. The molecule has 0 aromatic rings. The Morgan fingerprint density at radius 3 is 0.308 bits per heavy atom. The second kappa shape index (κ2) is 594. The van der Waals surface area contributed by atoms with Crippen LogP contribution in [0, 0.1) is 0 Å². The van der Waals surface area contributed by atoms with Crippen LogP contribution in [0.15, 0.2) is 0 Å². The van der Waals surface area contributed by atoms with Crippen molar-refractivity contribution in [2.24, 2.45) is 31.5 Å². The van der Waals surface area contributed by atoms with Gasteiger partial charge in [-0.2, -0.15) is 0 Å². The van der Waals surface area contributed by atoms with Crippen LogP contribution < -0.4 is 31.5 Å². The number of nitrogens with two attached hydrogens (primary N) is 6. The fourth-order valence-electron chi connectivity index (χ4n) is 0. The van der Waals surface area contributed by atoms with Gasteiger partial charge in [0.15, 0.2) is 0 Å². The molecule has 13 heteroatoms. The van der Waals surface area contributed by atoms with Gasteiger partial charge in [-0.3, -0.25) is 0 Å². The molecule has 0 aliphatic rings. The number of halogens is 6. The monoisotopic (exact) mass is 364 g/mol. The van der Waals surface area contributed by atoms with E-state index in [0.29, 0.717) is 0 Å². The molecular formula is H12Cl6N6Ni. The van der Waals surface area contributed by atoms with Crippen LogP contribution in [0.5, 0.6) is 0 Å². The van der Waals surface area contributed by atoms with E-state index in [2.05, 4.69) is 102 Å². The normalized spacial score (nSPS) is 2.77. The van der Waals surface area contributed by atoms with Crippen molar-refractivity contribution in [2.75, 3.05) is 0 Å². The first-order valence-corrected chi connectivity index (χ1v) is 3.93. The molecule has 0 aliphatic carbocycles. The maximum absolute atomic E-state index is 4.14. The van der Waals surface area contributed by atoms with E-state index in [9.17, 15) is 0 Å². The molecule has 0 amide bonds. The zero-order valence-corrected chi connectivity index (χ0v) is 11.6. The first kappa shape index (κ1) is 45.9. The molecule has 0 aliphatic heterocycles. The van der Waals surface area contributed by atoms with E-state index in [4.69, 9.17) is 0 Å². The van der Waals surface area contributed by atoms with E-state index in [-0.39, 0.29) is 16.5 Å². The predicted octanol–water partition coefficient (Wildman–Crippen LogP) is 0.591. The Hall–Kier alpha value is 1.99. The second-order valence-corrected chi connectivity index (χ2v) is 0. The summed E-state index contributed by atoms with van der Waals surface area (Å²) in [4.78, 5) is 0. The second-order valence-electron chi connectivity index (χ2n) is 0. The Morgan fingerprint density at radius 1 is 0.308 bits per heavy atom. The van der Waals surface area contributed by atoms with Crippen molar-refractivity contribution >= 4 is 70.7 Å². The Morgan fingerprint density at radius 2 is 0.308 bits per heavy atom. The molecule has 0 aromatic carbocycles. The van der Waals surface area contributed by atoms with Crippen LogP contribution in [0.4, 0.5) is 0 Å². The fourth-order valence-corrected chi connectivity index (χ4v) is 0. The minimum Gasteiger partial charge on any atom is -0.247 e. The Kier molecular flexibility index (Phi) is 2100. The van der Waals surface area contributed by atoms with Gasteiger partial charge >= 0.3 is 0 Å². The molecule has 0 radical (unpaired) electrons. The Balaban J connectivity index is -0.00000000655. The summed E-state index contributed by atoms with van der Waals surface area (Å²) in [5.41, 5.74) is 0. The average molecular weight is 368 g/mol. The molecule has 0 unspecified atom stereocenters. The third-order valence-corrected chi connectivity index (χ3v) is 0. The van der Waals surface area contributed by atoms with Crippen LogP contribution in [-0.2, 0) is 16.5 Å². The summed E-state index contributed by atoms with van der Waals surface area (Å²) in [6, 6.07) is 0. The summed E-state index contributed by atoms with van der Waals surface area (Å²) in [5, 5.41) is 23.8. The van der Waals surface area contributed by atoms with Gasteiger partial charge < -0.3 is 0 Å².